The molecule has 0 spiro atoms. The monoisotopic (exact) mass is 385 g/mol. The molecule has 0 radical (unpaired) electrons. The second-order valence-electron chi connectivity index (χ2n) is 6.43. The Kier molecular flexibility index (Phi) is 5.85. The summed E-state index contributed by atoms with van der Waals surface area (Å²) < 4.78 is 1.85. The summed E-state index contributed by atoms with van der Waals surface area (Å²) in [5, 5.41) is 12.4. The van der Waals surface area contributed by atoms with Crippen LogP contribution in [0.3, 0.4) is 0 Å². The molecule has 0 saturated heterocycles. The van der Waals surface area contributed by atoms with Crippen LogP contribution in [-0.4, -0.2) is 29.2 Å². The van der Waals surface area contributed by atoms with Gasteiger partial charge in [0, 0.05) is 43.2 Å². The van der Waals surface area contributed by atoms with E-state index < -0.39 is 0 Å². The van der Waals surface area contributed by atoms with Crippen LogP contribution in [0.25, 0.3) is 11.3 Å². The number of benzene rings is 1. The molecule has 3 rings (SSSR count). The van der Waals surface area contributed by atoms with Crippen molar-refractivity contribution in [1.82, 2.24) is 4.68 Å². The Balaban J connectivity index is 2.12. The van der Waals surface area contributed by atoms with E-state index in [0.29, 0.717) is 11.4 Å². The third-order valence-electron chi connectivity index (χ3n) is 4.23. The molecule has 0 atom stereocenters. The topological polar surface area (TPSA) is 87.9 Å². The summed E-state index contributed by atoms with van der Waals surface area (Å²) in [7, 11) is 1.75. The van der Waals surface area contributed by atoms with Crippen LogP contribution >= 0.6 is 11.3 Å². The first-order valence-corrected chi connectivity index (χ1v) is 9.75. The van der Waals surface area contributed by atoms with Crippen LogP contribution in [0.4, 0.5) is 11.4 Å². The molecule has 2 N–H and O–H groups in total. The van der Waals surface area contributed by atoms with Crippen molar-refractivity contribution >= 4 is 40.2 Å². The molecule has 1 aromatic heterocycles. The van der Waals surface area contributed by atoms with Gasteiger partial charge in [0.1, 0.15) is 0 Å². The fraction of sp³-hybridized carbons (Fsp3) is 0.368. The van der Waals surface area contributed by atoms with Gasteiger partial charge < -0.3 is 10.6 Å². The quantitative estimate of drug-likeness (QED) is 0.844. The number of aromatic nitrogens is 1. The van der Waals surface area contributed by atoms with Crippen LogP contribution in [-0.2, 0) is 9.59 Å². The smallest absolute Gasteiger partial charge is 0.221 e. The number of amides is 2. The predicted molar refractivity (Wildman–Crippen MR) is 109 cm³/mol. The summed E-state index contributed by atoms with van der Waals surface area (Å²) in [6, 6.07) is 5.45. The van der Waals surface area contributed by atoms with Gasteiger partial charge in [-0.2, -0.15) is 5.10 Å². The van der Waals surface area contributed by atoms with Crippen molar-refractivity contribution in [3.8, 4) is 11.3 Å². The van der Waals surface area contributed by atoms with E-state index in [1.54, 1.807) is 13.1 Å². The lowest BCUT2D eigenvalue weighted by atomic mass is 10.1. The van der Waals surface area contributed by atoms with Crippen molar-refractivity contribution in [3.05, 3.63) is 28.4 Å². The minimum Gasteiger partial charge on any atom is -0.326 e. The van der Waals surface area contributed by atoms with Crippen molar-refractivity contribution in [2.45, 2.75) is 39.5 Å². The first-order chi connectivity index (χ1) is 13.0. The number of rotatable bonds is 4. The number of thiazole rings is 1. The lowest BCUT2D eigenvalue weighted by Gasteiger charge is -2.13. The number of anilines is 2. The van der Waals surface area contributed by atoms with Gasteiger partial charge in [-0.15, -0.1) is 11.3 Å². The number of hydrogen-bond donors (Lipinski definition) is 2. The molecule has 1 aromatic carbocycles. The molecular formula is C19H23N5O2S. The zero-order valence-electron chi connectivity index (χ0n) is 15.7. The van der Waals surface area contributed by atoms with Crippen LogP contribution in [0.15, 0.2) is 33.7 Å². The largest absolute Gasteiger partial charge is 0.326 e. The summed E-state index contributed by atoms with van der Waals surface area (Å²) in [6.07, 6.45) is 4.34. The maximum atomic E-state index is 11.7. The minimum atomic E-state index is -0.180. The van der Waals surface area contributed by atoms with Crippen molar-refractivity contribution in [1.29, 1.82) is 0 Å². The van der Waals surface area contributed by atoms with Gasteiger partial charge in [0.25, 0.3) is 0 Å². The zero-order chi connectivity index (χ0) is 19.4. The molecular weight excluding hydrogens is 362 g/mol. The first-order valence-electron chi connectivity index (χ1n) is 8.87. The molecule has 8 heteroatoms. The molecule has 0 aliphatic heterocycles. The maximum absolute atomic E-state index is 11.7. The highest BCUT2D eigenvalue weighted by molar-refractivity contribution is 7.07. The number of hydrogen-bond acceptors (Lipinski definition) is 5. The maximum Gasteiger partial charge on any atom is 0.221 e. The molecule has 1 aliphatic rings. The summed E-state index contributed by atoms with van der Waals surface area (Å²) in [4.78, 5) is 28.2. The van der Waals surface area contributed by atoms with Crippen LogP contribution < -0.4 is 15.4 Å². The predicted octanol–water partition coefficient (Wildman–Crippen LogP) is 3.44. The van der Waals surface area contributed by atoms with Gasteiger partial charge in [0.05, 0.1) is 11.4 Å². The molecule has 27 heavy (non-hydrogen) atoms. The Labute approximate surface area is 161 Å². The normalized spacial score (nSPS) is 14.3. The van der Waals surface area contributed by atoms with Crippen molar-refractivity contribution in [3.63, 3.8) is 0 Å². The summed E-state index contributed by atoms with van der Waals surface area (Å²) in [5.41, 5.74) is 4.10. The van der Waals surface area contributed by atoms with E-state index in [0.717, 1.165) is 28.9 Å². The molecule has 2 aromatic rings. The Morgan fingerprint density at radius 3 is 2.44 bits per heavy atom. The highest BCUT2D eigenvalue weighted by atomic mass is 32.1. The van der Waals surface area contributed by atoms with Crippen LogP contribution in [0, 0.1) is 0 Å². The number of nitrogens with zero attached hydrogens (tertiary/aromatic N) is 3. The Morgan fingerprint density at radius 1 is 1.11 bits per heavy atom. The van der Waals surface area contributed by atoms with Crippen molar-refractivity contribution < 1.29 is 9.59 Å². The van der Waals surface area contributed by atoms with Gasteiger partial charge in [-0.25, -0.2) is 4.68 Å². The van der Waals surface area contributed by atoms with Gasteiger partial charge in [-0.1, -0.05) is 0 Å². The van der Waals surface area contributed by atoms with E-state index in [2.05, 4.69) is 15.6 Å². The number of carbonyl (C=O) groups excluding carboxylic acids is 2. The second kappa shape index (κ2) is 8.30. The van der Waals surface area contributed by atoms with Crippen LogP contribution in [0.2, 0.25) is 0 Å². The van der Waals surface area contributed by atoms with Crippen molar-refractivity contribution in [2.24, 2.45) is 10.1 Å². The van der Waals surface area contributed by atoms with Gasteiger partial charge in [-0.05, 0) is 43.9 Å². The molecule has 1 fully saturated rings. The van der Waals surface area contributed by atoms with E-state index in [1.165, 1.54) is 43.7 Å². The minimum absolute atomic E-state index is 0.165. The lowest BCUT2D eigenvalue weighted by molar-refractivity contribution is -0.115. The lowest BCUT2D eigenvalue weighted by Crippen LogP contribution is -2.15. The van der Waals surface area contributed by atoms with Crippen molar-refractivity contribution in [2.75, 3.05) is 17.7 Å². The second-order valence-corrected chi connectivity index (χ2v) is 7.27. The van der Waals surface area contributed by atoms with E-state index in [1.807, 2.05) is 22.2 Å². The average molecular weight is 385 g/mol. The fourth-order valence-corrected chi connectivity index (χ4v) is 3.89. The van der Waals surface area contributed by atoms with E-state index >= 15 is 0 Å². The van der Waals surface area contributed by atoms with Gasteiger partial charge in [0.15, 0.2) is 0 Å². The number of carbonyl (C=O) groups is 2. The SMILES string of the molecule is CN=c1scc(-c2ccc(NC(C)=O)cc2NC(C)=O)n1N=C1CCCC1. The summed E-state index contributed by atoms with van der Waals surface area (Å²) >= 11 is 1.50. The Bertz CT molecular complexity index is 963. The Morgan fingerprint density at radius 2 is 1.81 bits per heavy atom. The molecule has 0 bridgehead atoms. The summed E-state index contributed by atoms with van der Waals surface area (Å²) in [5.74, 6) is -0.345. The highest BCUT2D eigenvalue weighted by Crippen LogP contribution is 2.31. The molecule has 1 heterocycles. The molecule has 1 saturated carbocycles. The van der Waals surface area contributed by atoms with E-state index in [9.17, 15) is 9.59 Å². The average Bonchev–Trinajstić information content (AvgIpc) is 3.24. The molecule has 7 nitrogen and oxygen atoms in total. The van der Waals surface area contributed by atoms with Crippen LogP contribution in [0.5, 0.6) is 0 Å². The molecule has 142 valence electrons. The highest BCUT2D eigenvalue weighted by Gasteiger charge is 2.16. The standard InChI is InChI=1S/C19H23N5O2S/c1-12(25)21-15-8-9-16(17(10-15)22-13(2)26)18-11-27-19(20-3)24(18)23-14-6-4-5-7-14/h8-11H,4-7H2,1-3H3,(H,21,25)(H,22,26). The molecule has 2 amide bonds. The first kappa shape index (κ1) is 19.0. The third-order valence-corrected chi connectivity index (χ3v) is 5.13. The number of nitrogens with one attached hydrogen (secondary N) is 2. The van der Waals surface area contributed by atoms with E-state index in [-0.39, 0.29) is 11.8 Å². The van der Waals surface area contributed by atoms with Gasteiger partial charge >= 0.3 is 0 Å². The summed E-state index contributed by atoms with van der Waals surface area (Å²) in [6.45, 7) is 2.91. The Hall–Kier alpha value is -2.74. The van der Waals surface area contributed by atoms with Gasteiger partial charge in [0.2, 0.25) is 16.6 Å². The fourth-order valence-electron chi connectivity index (χ4n) is 3.10. The third kappa shape index (κ3) is 4.51. The molecule has 1 aliphatic carbocycles. The molecule has 0 unspecified atom stereocenters. The zero-order valence-corrected chi connectivity index (χ0v) is 16.5. The van der Waals surface area contributed by atoms with Crippen LogP contribution in [0.1, 0.15) is 39.5 Å². The van der Waals surface area contributed by atoms with E-state index in [4.69, 9.17) is 5.10 Å². The van der Waals surface area contributed by atoms with Gasteiger partial charge in [-0.3, -0.25) is 14.6 Å².